The molecule has 0 N–H and O–H groups in total. The summed E-state index contributed by atoms with van der Waals surface area (Å²) in [6, 6.07) is 9.59. The summed E-state index contributed by atoms with van der Waals surface area (Å²) in [6.07, 6.45) is 1.29. The fourth-order valence-electron chi connectivity index (χ4n) is 2.32. The Balaban J connectivity index is 2.99. The monoisotopic (exact) mass is 292 g/mol. The molecular weight excluding hydrogens is 268 g/mol. The van der Waals surface area contributed by atoms with Gasteiger partial charge in [0.2, 0.25) is 0 Å². The molecule has 0 aromatic heterocycles. The molecule has 21 heavy (non-hydrogen) atoms. The summed E-state index contributed by atoms with van der Waals surface area (Å²) in [5.41, 5.74) is 0.180. The fraction of sp³-hybridized carbons (Fsp3) is 0.529. The minimum Gasteiger partial charge on any atom is -0.469 e. The Morgan fingerprint density at radius 3 is 2.29 bits per heavy atom. The Kier molecular flexibility index (Phi) is 6.40. The first-order valence-corrected chi connectivity index (χ1v) is 7.24. The zero-order valence-electron chi connectivity index (χ0n) is 13.2. The van der Waals surface area contributed by atoms with Crippen molar-refractivity contribution in [1.29, 1.82) is 0 Å². The summed E-state index contributed by atoms with van der Waals surface area (Å²) in [4.78, 5) is 23.5. The summed E-state index contributed by atoms with van der Waals surface area (Å²) in [6.45, 7) is 5.60. The van der Waals surface area contributed by atoms with Crippen LogP contribution in [0.3, 0.4) is 0 Å². The maximum atomic E-state index is 11.8. The molecule has 0 bridgehead atoms. The molecule has 1 aromatic rings. The number of hydrogen-bond donors (Lipinski definition) is 0. The fourth-order valence-corrected chi connectivity index (χ4v) is 2.32. The van der Waals surface area contributed by atoms with E-state index >= 15 is 0 Å². The Morgan fingerprint density at radius 2 is 1.76 bits per heavy atom. The van der Waals surface area contributed by atoms with Gasteiger partial charge in [-0.05, 0) is 25.8 Å². The zero-order chi connectivity index (χ0) is 15.9. The van der Waals surface area contributed by atoms with Crippen LogP contribution in [-0.4, -0.2) is 24.6 Å². The van der Waals surface area contributed by atoms with Crippen molar-refractivity contribution in [3.8, 4) is 0 Å². The van der Waals surface area contributed by atoms with Gasteiger partial charge in [-0.25, -0.2) is 0 Å². The topological polar surface area (TPSA) is 52.6 Å². The summed E-state index contributed by atoms with van der Waals surface area (Å²) in [5.74, 6) is -0.802. The van der Waals surface area contributed by atoms with Gasteiger partial charge < -0.3 is 9.47 Å². The molecule has 1 rings (SSSR count). The van der Waals surface area contributed by atoms with E-state index in [4.69, 9.17) is 9.47 Å². The number of rotatable bonds is 7. The van der Waals surface area contributed by atoms with Gasteiger partial charge in [-0.1, -0.05) is 37.3 Å². The van der Waals surface area contributed by atoms with Gasteiger partial charge in [0.15, 0.2) is 0 Å². The molecule has 0 amide bonds. The van der Waals surface area contributed by atoms with E-state index in [2.05, 4.69) is 0 Å². The summed E-state index contributed by atoms with van der Waals surface area (Å²) in [7, 11) is 1.36. The van der Waals surface area contributed by atoms with Crippen LogP contribution >= 0.6 is 0 Å². The third-order valence-electron chi connectivity index (χ3n) is 3.47. The lowest BCUT2D eigenvalue weighted by Crippen LogP contribution is -2.36. The van der Waals surface area contributed by atoms with Crippen LogP contribution in [-0.2, 0) is 19.1 Å². The van der Waals surface area contributed by atoms with Crippen LogP contribution in [0.2, 0.25) is 0 Å². The number of carbonyl (C=O) groups is 2. The lowest BCUT2D eigenvalue weighted by molar-refractivity contribution is -0.161. The third kappa shape index (κ3) is 5.21. The Bertz CT molecular complexity index is 465. The zero-order valence-corrected chi connectivity index (χ0v) is 13.2. The molecule has 0 aliphatic carbocycles. The van der Waals surface area contributed by atoms with Crippen LogP contribution in [0.1, 0.15) is 51.5 Å². The van der Waals surface area contributed by atoms with Crippen LogP contribution in [0, 0.1) is 0 Å². The van der Waals surface area contributed by atoms with E-state index < -0.39 is 5.60 Å². The Morgan fingerprint density at radius 1 is 1.14 bits per heavy atom. The highest BCUT2D eigenvalue weighted by Crippen LogP contribution is 2.34. The van der Waals surface area contributed by atoms with Gasteiger partial charge in [0.05, 0.1) is 13.5 Å². The third-order valence-corrected chi connectivity index (χ3v) is 3.47. The van der Waals surface area contributed by atoms with Crippen molar-refractivity contribution >= 4 is 11.9 Å². The molecule has 0 saturated carbocycles. The summed E-state index contributed by atoms with van der Waals surface area (Å²) in [5, 5.41) is 0. The second-order valence-corrected chi connectivity index (χ2v) is 5.57. The maximum absolute atomic E-state index is 11.8. The largest absolute Gasteiger partial charge is 0.469 e. The van der Waals surface area contributed by atoms with Crippen molar-refractivity contribution in [2.75, 3.05) is 7.11 Å². The quantitative estimate of drug-likeness (QED) is 0.722. The average molecular weight is 292 g/mol. The van der Waals surface area contributed by atoms with E-state index in [0.29, 0.717) is 6.42 Å². The maximum Gasteiger partial charge on any atom is 0.306 e. The highest BCUT2D eigenvalue weighted by Gasteiger charge is 2.36. The van der Waals surface area contributed by atoms with Gasteiger partial charge in [-0.3, -0.25) is 9.59 Å². The van der Waals surface area contributed by atoms with Crippen molar-refractivity contribution < 1.29 is 19.1 Å². The van der Waals surface area contributed by atoms with Crippen LogP contribution < -0.4 is 0 Å². The number of hydrogen-bond acceptors (Lipinski definition) is 4. The minimum atomic E-state index is -0.776. The van der Waals surface area contributed by atoms with Crippen molar-refractivity contribution in [3.63, 3.8) is 0 Å². The molecule has 0 heterocycles. The van der Waals surface area contributed by atoms with Crippen molar-refractivity contribution in [2.45, 2.75) is 51.6 Å². The summed E-state index contributed by atoms with van der Waals surface area (Å²) < 4.78 is 10.4. The number of methoxy groups -OCH3 is 1. The standard InChI is InChI=1S/C17H24O4/c1-5-9-15(18)21-17(2,3)14(12-16(19)20-4)13-10-7-6-8-11-13/h6-8,10-11,14H,5,9,12H2,1-4H3. The van der Waals surface area contributed by atoms with Gasteiger partial charge in [0.25, 0.3) is 0 Å². The number of esters is 2. The van der Waals surface area contributed by atoms with Crippen LogP contribution in [0.5, 0.6) is 0 Å². The molecule has 116 valence electrons. The van der Waals surface area contributed by atoms with E-state index in [1.807, 2.05) is 51.1 Å². The molecule has 0 saturated heterocycles. The molecule has 0 fully saturated rings. The Labute approximate surface area is 126 Å². The SMILES string of the molecule is CCCC(=O)OC(C)(C)C(CC(=O)OC)c1ccccc1. The molecular formula is C17H24O4. The molecule has 4 nitrogen and oxygen atoms in total. The molecule has 1 aromatic carbocycles. The average Bonchev–Trinajstić information content (AvgIpc) is 2.44. The highest BCUT2D eigenvalue weighted by molar-refractivity contribution is 5.72. The minimum absolute atomic E-state index is 0.174. The Hall–Kier alpha value is -1.84. The lowest BCUT2D eigenvalue weighted by atomic mass is 9.82. The van der Waals surface area contributed by atoms with Gasteiger partial charge in [0.1, 0.15) is 5.60 Å². The van der Waals surface area contributed by atoms with Crippen LogP contribution in [0.15, 0.2) is 30.3 Å². The molecule has 0 radical (unpaired) electrons. The smallest absolute Gasteiger partial charge is 0.306 e. The predicted octanol–water partition coefficient (Wildman–Crippen LogP) is 3.46. The number of carbonyl (C=O) groups excluding carboxylic acids is 2. The molecule has 1 atom stereocenters. The molecule has 0 aliphatic heterocycles. The first-order chi connectivity index (χ1) is 9.90. The van der Waals surface area contributed by atoms with Gasteiger partial charge >= 0.3 is 11.9 Å². The second kappa shape index (κ2) is 7.81. The van der Waals surface area contributed by atoms with Crippen molar-refractivity contribution in [3.05, 3.63) is 35.9 Å². The van der Waals surface area contributed by atoms with Crippen LogP contribution in [0.4, 0.5) is 0 Å². The molecule has 4 heteroatoms. The van der Waals surface area contributed by atoms with E-state index in [1.165, 1.54) is 7.11 Å². The van der Waals surface area contributed by atoms with Crippen LogP contribution in [0.25, 0.3) is 0 Å². The van der Waals surface area contributed by atoms with E-state index in [9.17, 15) is 9.59 Å². The van der Waals surface area contributed by atoms with Gasteiger partial charge in [0, 0.05) is 12.3 Å². The first kappa shape index (κ1) is 17.2. The highest BCUT2D eigenvalue weighted by atomic mass is 16.6. The van der Waals surface area contributed by atoms with E-state index in [1.54, 1.807) is 0 Å². The molecule has 1 unspecified atom stereocenters. The summed E-state index contributed by atoms with van der Waals surface area (Å²) >= 11 is 0. The van der Waals surface area contributed by atoms with Gasteiger partial charge in [-0.15, -0.1) is 0 Å². The normalized spacial score (nSPS) is 12.6. The molecule has 0 aliphatic rings. The van der Waals surface area contributed by atoms with E-state index in [0.717, 1.165) is 12.0 Å². The first-order valence-electron chi connectivity index (χ1n) is 7.24. The number of ether oxygens (including phenoxy) is 2. The van der Waals surface area contributed by atoms with Crippen molar-refractivity contribution in [1.82, 2.24) is 0 Å². The van der Waals surface area contributed by atoms with E-state index in [-0.39, 0.29) is 24.3 Å². The number of benzene rings is 1. The molecule has 0 spiro atoms. The van der Waals surface area contributed by atoms with Gasteiger partial charge in [-0.2, -0.15) is 0 Å². The van der Waals surface area contributed by atoms with Crippen molar-refractivity contribution in [2.24, 2.45) is 0 Å². The second-order valence-electron chi connectivity index (χ2n) is 5.57. The predicted molar refractivity (Wildman–Crippen MR) is 80.9 cm³/mol. The lowest BCUT2D eigenvalue weighted by Gasteiger charge is -2.34.